The molecule has 0 saturated heterocycles. The second-order valence-electron chi connectivity index (χ2n) is 15.5. The number of hydrogen-bond donors (Lipinski definition) is 0. The molecule has 0 bridgehead atoms. The van der Waals surface area contributed by atoms with Crippen LogP contribution in [0, 0.1) is 20.8 Å². The van der Waals surface area contributed by atoms with Crippen LogP contribution in [0.2, 0.25) is 0 Å². The van der Waals surface area contributed by atoms with Gasteiger partial charge < -0.3 is 19.3 Å². The standard InChI is InChI=1S/C53H39BN2O2/c1-34-22-26-39(27-23-34)55(37-14-6-4-7-15-37)45-32-49-51(43-20-12-10-18-41(43)45)54-52-44-21-13-11-19-42(44)46(33-50(52)58-48-31-36(3)30-47(57-49)53(48)54)56(38-16-8-5-9-17-38)40-28-24-35(2)25-29-40/h4-33H,1-3H3. The molecule has 9 aromatic carbocycles. The number of para-hydroxylation sites is 2. The van der Waals surface area contributed by atoms with E-state index in [0.29, 0.717) is 0 Å². The number of fused-ring (bicyclic) bond motifs is 8. The maximum absolute atomic E-state index is 7.09. The monoisotopic (exact) mass is 746 g/mol. The third kappa shape index (κ3) is 5.46. The molecule has 0 saturated carbocycles. The Bertz CT molecular complexity index is 2830. The topological polar surface area (TPSA) is 24.9 Å². The van der Waals surface area contributed by atoms with Crippen molar-refractivity contribution in [3.8, 4) is 23.0 Å². The van der Waals surface area contributed by atoms with Gasteiger partial charge in [-0.25, -0.2) is 0 Å². The minimum Gasteiger partial charge on any atom is -0.458 e. The quantitative estimate of drug-likeness (QED) is 0.158. The molecular formula is C53H39BN2O2. The fourth-order valence-corrected chi connectivity index (χ4v) is 9.09. The molecule has 2 heterocycles. The molecular weight excluding hydrogens is 707 g/mol. The van der Waals surface area contributed by atoms with Gasteiger partial charge in [0.2, 0.25) is 0 Å². The summed E-state index contributed by atoms with van der Waals surface area (Å²) in [6, 6.07) is 65.2. The molecule has 0 radical (unpaired) electrons. The third-order valence-corrected chi connectivity index (χ3v) is 11.7. The van der Waals surface area contributed by atoms with Gasteiger partial charge in [0.15, 0.2) is 0 Å². The lowest BCUT2D eigenvalue weighted by atomic mass is 9.33. The highest BCUT2D eigenvalue weighted by Gasteiger charge is 2.43. The maximum Gasteiger partial charge on any atom is 0.262 e. The Morgan fingerprint density at radius 1 is 0.328 bits per heavy atom. The van der Waals surface area contributed by atoms with Gasteiger partial charge in [-0.15, -0.1) is 0 Å². The predicted molar refractivity (Wildman–Crippen MR) is 243 cm³/mol. The Hall–Kier alpha value is -7.24. The van der Waals surface area contributed by atoms with Gasteiger partial charge in [-0.1, -0.05) is 120 Å². The Morgan fingerprint density at radius 2 is 0.672 bits per heavy atom. The van der Waals surface area contributed by atoms with E-state index in [0.717, 1.165) is 101 Å². The SMILES string of the molecule is Cc1ccc(N(c2ccccc2)c2cc3c(c4ccccc24)B2c4c(cc(C)cc4Oc4cc(N(c5ccccc5)c5ccc(C)cc5)c5ccccc5c42)O3)cc1. The minimum atomic E-state index is -0.148. The van der Waals surface area contributed by atoms with Crippen LogP contribution in [0.1, 0.15) is 16.7 Å². The van der Waals surface area contributed by atoms with E-state index in [9.17, 15) is 0 Å². The van der Waals surface area contributed by atoms with E-state index >= 15 is 0 Å². The van der Waals surface area contributed by atoms with Gasteiger partial charge in [0.05, 0.1) is 11.4 Å². The predicted octanol–water partition coefficient (Wildman–Crippen LogP) is 12.6. The average Bonchev–Trinajstić information content (AvgIpc) is 3.25. The number of benzene rings is 9. The lowest BCUT2D eigenvalue weighted by molar-refractivity contribution is 0.464. The molecule has 9 aromatic rings. The highest BCUT2D eigenvalue weighted by atomic mass is 16.5. The van der Waals surface area contributed by atoms with Crippen molar-refractivity contribution in [3.05, 3.63) is 199 Å². The second-order valence-corrected chi connectivity index (χ2v) is 15.5. The summed E-state index contributed by atoms with van der Waals surface area (Å²) in [5.74, 6) is 3.36. The summed E-state index contributed by atoms with van der Waals surface area (Å²) in [6.07, 6.45) is 0. The zero-order chi connectivity index (χ0) is 38.9. The van der Waals surface area contributed by atoms with Crippen molar-refractivity contribution in [3.63, 3.8) is 0 Å². The zero-order valence-corrected chi connectivity index (χ0v) is 32.6. The Kier molecular flexibility index (Phi) is 7.90. The van der Waals surface area contributed by atoms with Crippen LogP contribution in [-0.2, 0) is 0 Å². The van der Waals surface area contributed by atoms with E-state index in [-0.39, 0.29) is 6.71 Å². The molecule has 276 valence electrons. The van der Waals surface area contributed by atoms with Gasteiger partial charge in [0.25, 0.3) is 6.71 Å². The number of hydrogen-bond acceptors (Lipinski definition) is 4. The van der Waals surface area contributed by atoms with Gasteiger partial charge in [-0.05, 0) is 109 Å². The van der Waals surface area contributed by atoms with E-state index in [1.165, 1.54) is 11.1 Å². The minimum absolute atomic E-state index is 0.148. The number of nitrogens with zero attached hydrogens (tertiary/aromatic N) is 2. The first kappa shape index (κ1) is 34.0. The molecule has 0 fully saturated rings. The molecule has 2 aliphatic rings. The van der Waals surface area contributed by atoms with Gasteiger partial charge in [0, 0.05) is 51.1 Å². The van der Waals surface area contributed by atoms with Crippen LogP contribution in [0.15, 0.2) is 182 Å². The van der Waals surface area contributed by atoms with Crippen LogP contribution < -0.4 is 35.7 Å². The molecule has 4 nitrogen and oxygen atoms in total. The van der Waals surface area contributed by atoms with Crippen LogP contribution in [0.5, 0.6) is 23.0 Å². The number of aryl methyl sites for hydroxylation is 3. The Labute approximate surface area is 339 Å². The van der Waals surface area contributed by atoms with Gasteiger partial charge in [-0.3, -0.25) is 0 Å². The summed E-state index contributed by atoms with van der Waals surface area (Å²) in [6.45, 7) is 6.23. The van der Waals surface area contributed by atoms with E-state index in [1.807, 2.05) is 0 Å². The summed E-state index contributed by atoms with van der Waals surface area (Å²) >= 11 is 0. The van der Waals surface area contributed by atoms with Crippen molar-refractivity contribution in [2.75, 3.05) is 9.80 Å². The maximum atomic E-state index is 7.09. The van der Waals surface area contributed by atoms with Crippen molar-refractivity contribution >= 4 is 78.8 Å². The first-order valence-corrected chi connectivity index (χ1v) is 20.0. The van der Waals surface area contributed by atoms with Crippen molar-refractivity contribution < 1.29 is 9.47 Å². The van der Waals surface area contributed by atoms with Crippen molar-refractivity contribution in [1.82, 2.24) is 0 Å². The third-order valence-electron chi connectivity index (χ3n) is 11.7. The largest absolute Gasteiger partial charge is 0.458 e. The fraction of sp³-hybridized carbons (Fsp3) is 0.0566. The van der Waals surface area contributed by atoms with Crippen LogP contribution in [0.4, 0.5) is 34.1 Å². The number of ether oxygens (including phenoxy) is 2. The summed E-state index contributed by atoms with van der Waals surface area (Å²) in [5.41, 5.74) is 13.3. The molecule has 0 atom stereocenters. The fourth-order valence-electron chi connectivity index (χ4n) is 9.09. The first-order chi connectivity index (χ1) is 28.5. The van der Waals surface area contributed by atoms with Crippen LogP contribution in [0.25, 0.3) is 21.5 Å². The lowest BCUT2D eigenvalue weighted by Gasteiger charge is -2.37. The molecule has 0 spiro atoms. The highest BCUT2D eigenvalue weighted by Crippen LogP contribution is 2.47. The lowest BCUT2D eigenvalue weighted by Crippen LogP contribution is -2.58. The molecule has 0 aromatic heterocycles. The van der Waals surface area contributed by atoms with Crippen LogP contribution in [0.3, 0.4) is 0 Å². The normalized spacial score (nSPS) is 12.3. The van der Waals surface area contributed by atoms with E-state index in [2.05, 4.69) is 213 Å². The molecule has 0 N–H and O–H groups in total. The molecule has 5 heteroatoms. The van der Waals surface area contributed by atoms with E-state index in [1.54, 1.807) is 0 Å². The zero-order valence-electron chi connectivity index (χ0n) is 32.6. The van der Waals surface area contributed by atoms with Crippen molar-refractivity contribution in [2.45, 2.75) is 20.8 Å². The first-order valence-electron chi connectivity index (χ1n) is 20.0. The summed E-state index contributed by atoms with van der Waals surface area (Å²) in [7, 11) is 0. The summed E-state index contributed by atoms with van der Waals surface area (Å²) in [4.78, 5) is 4.71. The number of anilines is 6. The second kappa shape index (κ2) is 13.5. The van der Waals surface area contributed by atoms with Crippen LogP contribution >= 0.6 is 0 Å². The summed E-state index contributed by atoms with van der Waals surface area (Å²) in [5, 5.41) is 4.60. The van der Waals surface area contributed by atoms with E-state index in [4.69, 9.17) is 9.47 Å². The Balaban J connectivity index is 1.19. The van der Waals surface area contributed by atoms with Crippen molar-refractivity contribution in [1.29, 1.82) is 0 Å². The molecule has 0 unspecified atom stereocenters. The highest BCUT2D eigenvalue weighted by molar-refractivity contribution is 7.01. The van der Waals surface area contributed by atoms with Gasteiger partial charge in [0.1, 0.15) is 23.0 Å². The number of rotatable bonds is 6. The molecule has 11 rings (SSSR count). The van der Waals surface area contributed by atoms with Crippen LogP contribution in [-0.4, -0.2) is 6.71 Å². The Morgan fingerprint density at radius 3 is 1.09 bits per heavy atom. The summed E-state index contributed by atoms with van der Waals surface area (Å²) < 4.78 is 14.2. The molecule has 2 aliphatic heterocycles. The molecule has 0 aliphatic carbocycles. The molecule has 0 amide bonds. The smallest absolute Gasteiger partial charge is 0.262 e. The van der Waals surface area contributed by atoms with Gasteiger partial charge >= 0.3 is 0 Å². The average molecular weight is 747 g/mol. The molecule has 58 heavy (non-hydrogen) atoms. The van der Waals surface area contributed by atoms with Crippen molar-refractivity contribution in [2.24, 2.45) is 0 Å². The van der Waals surface area contributed by atoms with E-state index < -0.39 is 0 Å². The van der Waals surface area contributed by atoms with Gasteiger partial charge in [-0.2, -0.15) is 0 Å².